The minimum absolute atomic E-state index is 0.0148. The van der Waals surface area contributed by atoms with E-state index in [1.54, 1.807) is 48.0 Å². The Morgan fingerprint density at radius 3 is 2.17 bits per heavy atom. The van der Waals surface area contributed by atoms with Crippen LogP contribution in [-0.4, -0.2) is 141 Å². The van der Waals surface area contributed by atoms with Crippen LogP contribution < -0.4 is 15.4 Å². The number of hydrogen-bond acceptors (Lipinski definition) is 9. The average molecular weight is 734 g/mol. The first-order chi connectivity index (χ1) is 24.5. The molecular weight excluding hydrogens is 670 g/mol. The Morgan fingerprint density at radius 1 is 0.981 bits per heavy atom. The lowest BCUT2D eigenvalue weighted by molar-refractivity contribution is -0.147. The maximum Gasteiger partial charge on any atom is 0.326 e. The van der Waals surface area contributed by atoms with Crippen LogP contribution in [-0.2, 0) is 39.9 Å². The maximum atomic E-state index is 14.0. The fraction of sp³-hybridized carbons (Fsp3) is 0.711. The van der Waals surface area contributed by atoms with Gasteiger partial charge in [-0.15, -0.1) is 0 Å². The molecule has 1 aliphatic rings. The smallest absolute Gasteiger partial charge is 0.326 e. The van der Waals surface area contributed by atoms with Gasteiger partial charge in [0.05, 0.1) is 56.3 Å². The Kier molecular flexibility index (Phi) is 18.0. The van der Waals surface area contributed by atoms with Gasteiger partial charge in [-0.2, -0.15) is 0 Å². The summed E-state index contributed by atoms with van der Waals surface area (Å²) in [4.78, 5) is 71.2. The van der Waals surface area contributed by atoms with Gasteiger partial charge >= 0.3 is 5.97 Å². The monoisotopic (exact) mass is 733 g/mol. The standard InChI is InChI=1S/C38H63N5O9/c1-12-24(4)34(42(8)32(45)22-39-37(47)33(23(2)3)41(6)7)30(51-10)21-31(44)43-19-15-17-28(43)35(52-11)25(5)36(46)40-27(38(48)49)20-26-16-13-14-18-29(26)50-9/h13-14,16,18,23-25,27-28,30,33-35H,12,15,17,19-22H2,1-11H3,(H,39,47)(H,40,46)(H,48,49)/t24-,25?,27-,28-,30?,33-,34-,35+/m0/s1. The second-order valence-electron chi connectivity index (χ2n) is 14.4. The van der Waals surface area contributed by atoms with E-state index in [0.29, 0.717) is 30.7 Å². The number of hydrogen-bond donors (Lipinski definition) is 3. The number of methoxy groups -OCH3 is 3. The van der Waals surface area contributed by atoms with Gasteiger partial charge in [0.15, 0.2) is 0 Å². The topological polar surface area (TPSA) is 167 Å². The summed E-state index contributed by atoms with van der Waals surface area (Å²) in [5.74, 6) is -2.64. The van der Waals surface area contributed by atoms with E-state index < -0.39 is 48.1 Å². The first-order valence-corrected chi connectivity index (χ1v) is 18.2. The summed E-state index contributed by atoms with van der Waals surface area (Å²) in [5, 5.41) is 15.4. The molecule has 1 aliphatic heterocycles. The highest BCUT2D eigenvalue weighted by atomic mass is 16.5. The molecule has 1 fully saturated rings. The lowest BCUT2D eigenvalue weighted by Crippen LogP contribution is -2.55. The van der Waals surface area contributed by atoms with E-state index in [9.17, 15) is 29.1 Å². The molecule has 0 aliphatic carbocycles. The van der Waals surface area contributed by atoms with E-state index in [1.165, 1.54) is 21.3 Å². The average Bonchev–Trinajstić information content (AvgIpc) is 3.59. The molecule has 52 heavy (non-hydrogen) atoms. The Hall–Kier alpha value is -3.75. The van der Waals surface area contributed by atoms with Crippen LogP contribution in [0.1, 0.15) is 65.9 Å². The van der Waals surface area contributed by atoms with Gasteiger partial charge < -0.3 is 39.8 Å². The molecule has 0 aromatic heterocycles. The first-order valence-electron chi connectivity index (χ1n) is 18.2. The molecule has 4 amide bonds. The highest BCUT2D eigenvalue weighted by molar-refractivity contribution is 5.88. The fourth-order valence-corrected chi connectivity index (χ4v) is 7.45. The summed E-state index contributed by atoms with van der Waals surface area (Å²) in [5.41, 5.74) is 0.644. The number of carboxylic acids is 1. The van der Waals surface area contributed by atoms with Crippen molar-refractivity contribution in [3.8, 4) is 5.75 Å². The van der Waals surface area contributed by atoms with Crippen LogP contribution in [0.3, 0.4) is 0 Å². The molecule has 1 aromatic rings. The number of nitrogens with one attached hydrogen (secondary N) is 2. The van der Waals surface area contributed by atoms with E-state index >= 15 is 0 Å². The third-order valence-corrected chi connectivity index (χ3v) is 10.4. The highest BCUT2D eigenvalue weighted by Gasteiger charge is 2.42. The number of ether oxygens (including phenoxy) is 3. The number of nitrogens with zero attached hydrogens (tertiary/aromatic N) is 3. The largest absolute Gasteiger partial charge is 0.496 e. The van der Waals surface area contributed by atoms with Crippen LogP contribution in [0, 0.1) is 17.8 Å². The molecule has 1 aromatic carbocycles. The van der Waals surface area contributed by atoms with Crippen LogP contribution in [0.25, 0.3) is 0 Å². The van der Waals surface area contributed by atoms with Crippen molar-refractivity contribution in [2.24, 2.45) is 17.8 Å². The normalized spacial score (nSPS) is 18.6. The minimum atomic E-state index is -1.21. The summed E-state index contributed by atoms with van der Waals surface area (Å²) in [6, 6.07) is 4.56. The van der Waals surface area contributed by atoms with Crippen molar-refractivity contribution in [1.82, 2.24) is 25.3 Å². The van der Waals surface area contributed by atoms with Gasteiger partial charge in [0.25, 0.3) is 0 Å². The molecule has 3 N–H and O–H groups in total. The molecule has 294 valence electrons. The van der Waals surface area contributed by atoms with Gasteiger partial charge in [0.2, 0.25) is 23.6 Å². The number of carboxylic acid groups (broad SMARTS) is 1. The number of likely N-dealkylation sites (tertiary alicyclic amines) is 1. The van der Waals surface area contributed by atoms with Crippen LogP contribution in [0.2, 0.25) is 0 Å². The number of likely N-dealkylation sites (N-methyl/N-ethyl adjacent to an activating group) is 2. The van der Waals surface area contributed by atoms with Crippen molar-refractivity contribution in [3.63, 3.8) is 0 Å². The highest BCUT2D eigenvalue weighted by Crippen LogP contribution is 2.29. The minimum Gasteiger partial charge on any atom is -0.496 e. The predicted octanol–water partition coefficient (Wildman–Crippen LogP) is 2.43. The van der Waals surface area contributed by atoms with E-state index in [2.05, 4.69) is 10.6 Å². The molecule has 8 atom stereocenters. The summed E-state index contributed by atoms with van der Waals surface area (Å²) in [7, 11) is 9.83. The van der Waals surface area contributed by atoms with Crippen molar-refractivity contribution >= 4 is 29.6 Å². The van der Waals surface area contributed by atoms with E-state index in [0.717, 1.165) is 6.42 Å². The molecule has 14 heteroatoms. The van der Waals surface area contributed by atoms with Gasteiger partial charge in [-0.3, -0.25) is 24.1 Å². The quantitative estimate of drug-likeness (QED) is 0.171. The molecule has 2 unspecified atom stereocenters. The van der Waals surface area contributed by atoms with Crippen molar-refractivity contribution in [2.45, 2.75) is 103 Å². The SMILES string of the molecule is CC[C@H](C)[C@@H](C(CC(=O)N1CCC[C@H]1[C@H](OC)C(C)C(=O)N[C@@H](Cc1ccccc1OC)C(=O)O)OC)N(C)C(=O)CNC(=O)[C@H](C(C)C)N(C)C. The van der Waals surface area contributed by atoms with E-state index in [-0.39, 0.29) is 55.0 Å². The Bertz CT molecular complexity index is 1330. The van der Waals surface area contributed by atoms with Crippen LogP contribution >= 0.6 is 0 Å². The molecule has 1 saturated heterocycles. The zero-order chi connectivity index (χ0) is 39.3. The molecule has 0 spiro atoms. The van der Waals surface area contributed by atoms with E-state index in [4.69, 9.17) is 14.2 Å². The van der Waals surface area contributed by atoms with Crippen molar-refractivity contribution in [2.75, 3.05) is 55.6 Å². The third-order valence-electron chi connectivity index (χ3n) is 10.4. The molecular formula is C38H63N5O9. The number of aliphatic carboxylic acids is 1. The van der Waals surface area contributed by atoms with Gasteiger partial charge in [-0.1, -0.05) is 59.2 Å². The van der Waals surface area contributed by atoms with Gasteiger partial charge in [-0.05, 0) is 50.4 Å². The zero-order valence-electron chi connectivity index (χ0n) is 33.0. The first kappa shape index (κ1) is 44.4. The summed E-state index contributed by atoms with van der Waals surface area (Å²) < 4.78 is 17.1. The maximum absolute atomic E-state index is 14.0. The van der Waals surface area contributed by atoms with Gasteiger partial charge in [0, 0.05) is 34.2 Å². The van der Waals surface area contributed by atoms with Crippen LogP contribution in [0.4, 0.5) is 0 Å². The molecule has 2 rings (SSSR count). The molecule has 1 heterocycles. The number of carbonyl (C=O) groups is 5. The van der Waals surface area contributed by atoms with Crippen molar-refractivity contribution < 1.29 is 43.3 Å². The Labute approximate surface area is 309 Å². The van der Waals surface area contributed by atoms with E-state index in [1.807, 2.05) is 46.7 Å². The summed E-state index contributed by atoms with van der Waals surface area (Å²) in [6.07, 6.45) is 0.675. The zero-order valence-corrected chi connectivity index (χ0v) is 33.0. The Balaban J connectivity index is 2.19. The summed E-state index contributed by atoms with van der Waals surface area (Å²) >= 11 is 0. The third kappa shape index (κ3) is 11.6. The van der Waals surface area contributed by atoms with Crippen molar-refractivity contribution in [3.05, 3.63) is 29.8 Å². The lowest BCUT2D eigenvalue weighted by Gasteiger charge is -2.39. The number of benzene rings is 1. The molecule has 0 radical (unpaired) electrons. The van der Waals surface area contributed by atoms with Crippen molar-refractivity contribution in [1.29, 1.82) is 0 Å². The molecule has 0 bridgehead atoms. The lowest BCUT2D eigenvalue weighted by atomic mass is 9.90. The summed E-state index contributed by atoms with van der Waals surface area (Å²) in [6.45, 7) is 9.85. The molecule has 0 saturated carbocycles. The second-order valence-corrected chi connectivity index (χ2v) is 14.4. The molecule has 14 nitrogen and oxygen atoms in total. The fourth-order valence-electron chi connectivity index (χ4n) is 7.45. The van der Waals surface area contributed by atoms with Crippen LogP contribution in [0.5, 0.6) is 5.75 Å². The number of rotatable bonds is 21. The second kappa shape index (κ2) is 21.1. The van der Waals surface area contributed by atoms with Gasteiger partial charge in [-0.25, -0.2) is 4.79 Å². The Morgan fingerprint density at radius 2 is 1.63 bits per heavy atom. The number of amides is 4. The van der Waals surface area contributed by atoms with Crippen LogP contribution in [0.15, 0.2) is 24.3 Å². The number of carbonyl (C=O) groups excluding carboxylic acids is 4. The predicted molar refractivity (Wildman–Crippen MR) is 198 cm³/mol. The van der Waals surface area contributed by atoms with Gasteiger partial charge in [0.1, 0.15) is 11.8 Å². The number of para-hydroxylation sites is 1.